The molecule has 0 aliphatic heterocycles. The van der Waals surface area contributed by atoms with Gasteiger partial charge in [0.2, 0.25) is 10.0 Å². The molecule has 0 unspecified atom stereocenters. The molecule has 0 aromatic heterocycles. The predicted molar refractivity (Wildman–Crippen MR) is 81.7 cm³/mol. The topological polar surface area (TPSA) is 63.4 Å². The van der Waals surface area contributed by atoms with Gasteiger partial charge < -0.3 is 5.73 Å². The zero-order chi connectivity index (χ0) is 14.5. The Labute approximate surface area is 116 Å². The van der Waals surface area contributed by atoms with Gasteiger partial charge in [0.25, 0.3) is 0 Å². The van der Waals surface area contributed by atoms with Crippen LogP contribution in [0.2, 0.25) is 0 Å². The molecule has 1 aromatic carbocycles. The lowest BCUT2D eigenvalue weighted by Gasteiger charge is -2.25. The van der Waals surface area contributed by atoms with Gasteiger partial charge in [-0.05, 0) is 30.9 Å². The van der Waals surface area contributed by atoms with E-state index in [1.165, 1.54) is 4.31 Å². The standard InChI is InChI=1S/C14H24N2O2S/c1-4-10-16(14-8-6-5-7-13(14)15)19(17,18)11-9-12(2)3/h5-8,12H,4,9-11,15H2,1-3H3. The van der Waals surface area contributed by atoms with Gasteiger partial charge in [-0.2, -0.15) is 0 Å². The van der Waals surface area contributed by atoms with E-state index in [1.807, 2.05) is 32.9 Å². The van der Waals surface area contributed by atoms with E-state index in [1.54, 1.807) is 12.1 Å². The van der Waals surface area contributed by atoms with Crippen LogP contribution in [0.5, 0.6) is 0 Å². The number of nitrogens with two attached hydrogens (primary N) is 1. The van der Waals surface area contributed by atoms with E-state index >= 15 is 0 Å². The molecule has 0 saturated carbocycles. The summed E-state index contributed by atoms with van der Waals surface area (Å²) in [5.74, 6) is 0.533. The fourth-order valence-electron chi connectivity index (χ4n) is 1.82. The van der Waals surface area contributed by atoms with Crippen LogP contribution in [0.4, 0.5) is 11.4 Å². The molecule has 0 radical (unpaired) electrons. The van der Waals surface area contributed by atoms with Gasteiger partial charge in [-0.3, -0.25) is 4.31 Å². The van der Waals surface area contributed by atoms with E-state index in [2.05, 4.69) is 0 Å². The van der Waals surface area contributed by atoms with Crippen LogP contribution in [0.3, 0.4) is 0 Å². The smallest absolute Gasteiger partial charge is 0.235 e. The fraction of sp³-hybridized carbons (Fsp3) is 0.571. The largest absolute Gasteiger partial charge is 0.397 e. The molecule has 0 aliphatic carbocycles. The first-order chi connectivity index (χ1) is 8.88. The molecule has 19 heavy (non-hydrogen) atoms. The maximum absolute atomic E-state index is 12.4. The van der Waals surface area contributed by atoms with Gasteiger partial charge in [0.15, 0.2) is 0 Å². The second kappa shape index (κ2) is 6.80. The zero-order valence-corrected chi connectivity index (χ0v) is 12.8. The number of sulfonamides is 1. The van der Waals surface area contributed by atoms with Crippen molar-refractivity contribution in [1.29, 1.82) is 0 Å². The zero-order valence-electron chi connectivity index (χ0n) is 12.0. The Hall–Kier alpha value is -1.23. The number of nitrogens with zero attached hydrogens (tertiary/aromatic N) is 1. The maximum atomic E-state index is 12.4. The van der Waals surface area contributed by atoms with Gasteiger partial charge in [0.1, 0.15) is 0 Å². The summed E-state index contributed by atoms with van der Waals surface area (Å²) in [7, 11) is -3.30. The van der Waals surface area contributed by atoms with Gasteiger partial charge in [-0.15, -0.1) is 0 Å². The van der Waals surface area contributed by atoms with Crippen molar-refractivity contribution in [3.63, 3.8) is 0 Å². The van der Waals surface area contributed by atoms with Crippen molar-refractivity contribution in [1.82, 2.24) is 0 Å². The summed E-state index contributed by atoms with van der Waals surface area (Å²) < 4.78 is 26.3. The molecule has 0 atom stereocenters. The van der Waals surface area contributed by atoms with Crippen LogP contribution < -0.4 is 10.0 Å². The van der Waals surface area contributed by atoms with Crippen LogP contribution in [0, 0.1) is 5.92 Å². The molecule has 1 rings (SSSR count). The van der Waals surface area contributed by atoms with E-state index in [0.717, 1.165) is 6.42 Å². The molecular weight excluding hydrogens is 260 g/mol. The summed E-state index contributed by atoms with van der Waals surface area (Å²) >= 11 is 0. The minimum Gasteiger partial charge on any atom is -0.397 e. The average Bonchev–Trinajstić information content (AvgIpc) is 2.35. The number of benzene rings is 1. The monoisotopic (exact) mass is 284 g/mol. The van der Waals surface area contributed by atoms with Crippen LogP contribution in [0.1, 0.15) is 33.6 Å². The van der Waals surface area contributed by atoms with Gasteiger partial charge >= 0.3 is 0 Å². The van der Waals surface area contributed by atoms with Crippen LogP contribution in [-0.4, -0.2) is 20.7 Å². The molecule has 2 N–H and O–H groups in total. The number of hydrogen-bond donors (Lipinski definition) is 1. The van der Waals surface area contributed by atoms with Gasteiger partial charge in [0, 0.05) is 6.54 Å². The Bertz CT molecular complexity index is 498. The van der Waals surface area contributed by atoms with E-state index in [9.17, 15) is 8.42 Å². The summed E-state index contributed by atoms with van der Waals surface area (Å²) in [6.07, 6.45) is 1.42. The van der Waals surface area contributed by atoms with Crippen molar-refractivity contribution < 1.29 is 8.42 Å². The number of rotatable bonds is 7. The highest BCUT2D eigenvalue weighted by atomic mass is 32.2. The van der Waals surface area contributed by atoms with Crippen LogP contribution >= 0.6 is 0 Å². The van der Waals surface area contributed by atoms with Gasteiger partial charge in [-0.25, -0.2) is 8.42 Å². The van der Waals surface area contributed by atoms with Crippen LogP contribution in [0.15, 0.2) is 24.3 Å². The molecule has 108 valence electrons. The molecular formula is C14H24N2O2S. The van der Waals surface area contributed by atoms with E-state index in [-0.39, 0.29) is 5.75 Å². The summed E-state index contributed by atoms with van der Waals surface area (Å²) in [4.78, 5) is 0. The summed E-state index contributed by atoms with van der Waals surface area (Å²) in [6, 6.07) is 7.11. The number of nitrogen functional groups attached to an aromatic ring is 1. The first-order valence-corrected chi connectivity index (χ1v) is 8.34. The molecule has 5 heteroatoms. The molecule has 0 bridgehead atoms. The van der Waals surface area contributed by atoms with Gasteiger partial charge in [-0.1, -0.05) is 32.9 Å². The highest BCUT2D eigenvalue weighted by Crippen LogP contribution is 2.26. The quantitative estimate of drug-likeness (QED) is 0.783. The van der Waals surface area contributed by atoms with Crippen molar-refractivity contribution in [3.05, 3.63) is 24.3 Å². The fourth-order valence-corrected chi connectivity index (χ4v) is 3.74. The van der Waals surface area contributed by atoms with Crippen LogP contribution in [0.25, 0.3) is 0 Å². The predicted octanol–water partition coefficient (Wildman–Crippen LogP) is 2.86. The van der Waals surface area contributed by atoms with E-state index in [4.69, 9.17) is 5.73 Å². The molecule has 0 amide bonds. The molecule has 4 nitrogen and oxygen atoms in total. The van der Waals surface area contributed by atoms with Crippen molar-refractivity contribution in [2.45, 2.75) is 33.6 Å². The lowest BCUT2D eigenvalue weighted by atomic mass is 10.2. The number of anilines is 2. The minimum atomic E-state index is -3.30. The molecule has 0 aliphatic rings. The third-order valence-corrected chi connectivity index (χ3v) is 4.72. The van der Waals surface area contributed by atoms with Gasteiger partial charge in [0.05, 0.1) is 17.1 Å². The lowest BCUT2D eigenvalue weighted by molar-refractivity contribution is 0.569. The number of para-hydroxylation sites is 2. The Morgan fingerprint density at radius 3 is 2.42 bits per heavy atom. The highest BCUT2D eigenvalue weighted by Gasteiger charge is 2.23. The third kappa shape index (κ3) is 4.42. The molecule has 0 saturated heterocycles. The average molecular weight is 284 g/mol. The summed E-state index contributed by atoms with van der Waals surface area (Å²) in [6.45, 7) is 6.48. The Morgan fingerprint density at radius 1 is 1.26 bits per heavy atom. The Kier molecular flexibility index (Phi) is 5.66. The van der Waals surface area contributed by atoms with Crippen LogP contribution in [-0.2, 0) is 10.0 Å². The minimum absolute atomic E-state index is 0.166. The summed E-state index contributed by atoms with van der Waals surface area (Å²) in [5.41, 5.74) is 6.99. The highest BCUT2D eigenvalue weighted by molar-refractivity contribution is 7.92. The van der Waals surface area contributed by atoms with Crippen molar-refractivity contribution in [3.8, 4) is 0 Å². The normalized spacial score (nSPS) is 11.8. The van der Waals surface area contributed by atoms with E-state index in [0.29, 0.717) is 30.3 Å². The van der Waals surface area contributed by atoms with E-state index < -0.39 is 10.0 Å². The Balaban J connectivity index is 3.04. The first kappa shape index (κ1) is 15.8. The third-order valence-electron chi connectivity index (χ3n) is 2.92. The number of hydrogen-bond acceptors (Lipinski definition) is 3. The Morgan fingerprint density at radius 2 is 1.89 bits per heavy atom. The first-order valence-electron chi connectivity index (χ1n) is 6.73. The second-order valence-electron chi connectivity index (χ2n) is 5.13. The van der Waals surface area contributed by atoms with Crippen molar-refractivity contribution in [2.75, 3.05) is 22.3 Å². The lowest BCUT2D eigenvalue weighted by Crippen LogP contribution is -2.34. The molecule has 0 heterocycles. The molecule has 1 aromatic rings. The summed E-state index contributed by atoms with van der Waals surface area (Å²) in [5, 5.41) is 0. The SMILES string of the molecule is CCCN(c1ccccc1N)S(=O)(=O)CCC(C)C. The second-order valence-corrected chi connectivity index (χ2v) is 7.14. The molecule has 0 fully saturated rings. The maximum Gasteiger partial charge on any atom is 0.235 e. The van der Waals surface area contributed by atoms with Crippen molar-refractivity contribution in [2.24, 2.45) is 5.92 Å². The van der Waals surface area contributed by atoms with Crippen molar-refractivity contribution >= 4 is 21.4 Å². The molecule has 0 spiro atoms.